The maximum Gasteiger partial charge on any atom is 0.251 e. The van der Waals surface area contributed by atoms with Crippen LogP contribution >= 0.6 is 11.3 Å². The molecule has 0 bridgehead atoms. The first-order chi connectivity index (χ1) is 15.9. The third-order valence-corrected chi connectivity index (χ3v) is 7.17. The van der Waals surface area contributed by atoms with E-state index in [4.69, 9.17) is 5.10 Å². The molecule has 0 atom stereocenters. The Morgan fingerprint density at radius 3 is 2.61 bits per heavy atom. The van der Waals surface area contributed by atoms with Gasteiger partial charge in [-0.15, -0.1) is 11.3 Å². The number of benzene rings is 2. The van der Waals surface area contributed by atoms with Crippen molar-refractivity contribution in [3.63, 3.8) is 0 Å². The summed E-state index contributed by atoms with van der Waals surface area (Å²) in [4.78, 5) is 17.9. The van der Waals surface area contributed by atoms with E-state index in [-0.39, 0.29) is 12.1 Å². The first-order valence-corrected chi connectivity index (χ1v) is 11.7. The fraction of sp³-hybridized carbons (Fsp3) is 0.292. The number of thiazole rings is 1. The second kappa shape index (κ2) is 8.55. The van der Waals surface area contributed by atoms with Gasteiger partial charge in [0, 0.05) is 29.9 Å². The summed E-state index contributed by atoms with van der Waals surface area (Å²) >= 11 is 1.57. The highest BCUT2D eigenvalue weighted by molar-refractivity contribution is 7.13. The molecular weight excluding hydrogens is 446 g/mol. The van der Waals surface area contributed by atoms with Crippen molar-refractivity contribution in [2.45, 2.75) is 37.6 Å². The molecule has 2 heterocycles. The molecule has 2 aromatic carbocycles. The molecule has 0 unspecified atom stereocenters. The molecule has 1 amide bonds. The van der Waals surface area contributed by atoms with E-state index in [1.54, 1.807) is 16.8 Å². The zero-order valence-electron chi connectivity index (χ0n) is 17.7. The number of aromatic nitrogens is 3. The van der Waals surface area contributed by atoms with Gasteiger partial charge in [-0.05, 0) is 36.6 Å². The standard InChI is InChI=1S/C24H22F2N4O2S/c25-18-8-17(9-19(26)22(18)31)23(32)28-13-24(6-2-1-3-7-24)30-12-16-5-4-15(10-20(16)29-30)21-11-27-14-33-21/h4-5,8-12,14,31H,1-3,6-7,13H2,(H,28,32). The van der Waals surface area contributed by atoms with Crippen LogP contribution in [0, 0.1) is 11.6 Å². The molecule has 1 saturated carbocycles. The fourth-order valence-electron chi connectivity index (χ4n) is 4.51. The number of hydrogen-bond acceptors (Lipinski definition) is 5. The Labute approximate surface area is 192 Å². The molecule has 1 aliphatic rings. The van der Waals surface area contributed by atoms with Gasteiger partial charge in [-0.2, -0.15) is 5.10 Å². The summed E-state index contributed by atoms with van der Waals surface area (Å²) in [6.45, 7) is 0.283. The van der Waals surface area contributed by atoms with Crippen LogP contribution in [0.25, 0.3) is 21.3 Å². The Balaban J connectivity index is 1.43. The van der Waals surface area contributed by atoms with Crippen molar-refractivity contribution in [3.8, 4) is 16.2 Å². The number of rotatable bonds is 5. The van der Waals surface area contributed by atoms with E-state index in [1.807, 2.05) is 35.3 Å². The van der Waals surface area contributed by atoms with E-state index in [0.717, 1.165) is 65.6 Å². The van der Waals surface area contributed by atoms with E-state index >= 15 is 0 Å². The van der Waals surface area contributed by atoms with Crippen molar-refractivity contribution in [2.75, 3.05) is 6.54 Å². The molecule has 0 aliphatic heterocycles. The average Bonchev–Trinajstić information content (AvgIpc) is 3.51. The SMILES string of the molecule is O=C(NCC1(n2cc3ccc(-c4cncs4)cc3n2)CCCCC1)c1cc(F)c(O)c(F)c1. The maximum atomic E-state index is 13.7. The van der Waals surface area contributed by atoms with E-state index in [1.165, 1.54) is 0 Å². The van der Waals surface area contributed by atoms with Gasteiger partial charge < -0.3 is 10.4 Å². The summed E-state index contributed by atoms with van der Waals surface area (Å²) in [5.41, 5.74) is 3.11. The fourth-order valence-corrected chi connectivity index (χ4v) is 5.13. The number of hydrogen-bond donors (Lipinski definition) is 2. The molecule has 170 valence electrons. The number of nitrogens with one attached hydrogen (secondary N) is 1. The van der Waals surface area contributed by atoms with E-state index in [9.17, 15) is 18.7 Å². The van der Waals surface area contributed by atoms with Gasteiger partial charge >= 0.3 is 0 Å². The van der Waals surface area contributed by atoms with Crippen molar-refractivity contribution >= 4 is 28.1 Å². The monoisotopic (exact) mass is 468 g/mol. The highest BCUT2D eigenvalue weighted by Gasteiger charge is 2.35. The number of carbonyl (C=O) groups is 1. The second-order valence-electron chi connectivity index (χ2n) is 8.47. The molecule has 4 aromatic rings. The number of aromatic hydroxyl groups is 1. The van der Waals surface area contributed by atoms with Crippen LogP contribution < -0.4 is 5.32 Å². The van der Waals surface area contributed by atoms with Crippen molar-refractivity contribution in [1.29, 1.82) is 0 Å². The predicted octanol–water partition coefficient (Wildman–Crippen LogP) is 5.23. The number of carbonyl (C=O) groups excluding carboxylic acids is 1. The first kappa shape index (κ1) is 21.5. The van der Waals surface area contributed by atoms with Gasteiger partial charge in [-0.1, -0.05) is 31.4 Å². The number of phenolic OH excluding ortho intramolecular Hbond substituents is 1. The lowest BCUT2D eigenvalue weighted by Crippen LogP contribution is -2.46. The maximum absolute atomic E-state index is 13.7. The third-order valence-electron chi connectivity index (χ3n) is 6.35. The molecule has 0 spiro atoms. The number of amides is 1. The van der Waals surface area contributed by atoms with Crippen LogP contribution in [0.3, 0.4) is 0 Å². The topological polar surface area (TPSA) is 80.0 Å². The highest BCUT2D eigenvalue weighted by Crippen LogP contribution is 2.36. The van der Waals surface area contributed by atoms with Gasteiger partial charge in [-0.3, -0.25) is 14.5 Å². The number of nitrogens with zero attached hydrogens (tertiary/aromatic N) is 3. The van der Waals surface area contributed by atoms with Crippen LogP contribution in [-0.2, 0) is 5.54 Å². The second-order valence-corrected chi connectivity index (χ2v) is 9.36. The van der Waals surface area contributed by atoms with Gasteiger partial charge in [0.2, 0.25) is 0 Å². The Morgan fingerprint density at radius 2 is 1.91 bits per heavy atom. The van der Waals surface area contributed by atoms with E-state index in [2.05, 4.69) is 10.3 Å². The Kier molecular flexibility index (Phi) is 5.57. The summed E-state index contributed by atoms with van der Waals surface area (Å²) in [5.74, 6) is -4.01. The van der Waals surface area contributed by atoms with E-state index in [0.29, 0.717) is 0 Å². The third kappa shape index (κ3) is 4.08. The quantitative estimate of drug-likeness (QED) is 0.420. The van der Waals surface area contributed by atoms with Crippen LogP contribution in [-0.4, -0.2) is 32.3 Å². The summed E-state index contributed by atoms with van der Waals surface area (Å²) in [7, 11) is 0. The molecule has 0 saturated heterocycles. The van der Waals surface area contributed by atoms with Crippen LogP contribution in [0.1, 0.15) is 42.5 Å². The minimum absolute atomic E-state index is 0.173. The molecule has 1 fully saturated rings. The predicted molar refractivity (Wildman–Crippen MR) is 122 cm³/mol. The normalized spacial score (nSPS) is 15.6. The highest BCUT2D eigenvalue weighted by atomic mass is 32.1. The van der Waals surface area contributed by atoms with Crippen LogP contribution in [0.5, 0.6) is 5.75 Å². The molecule has 1 aliphatic carbocycles. The number of fused-ring (bicyclic) bond motifs is 1. The minimum Gasteiger partial charge on any atom is -0.503 e. The lowest BCUT2D eigenvalue weighted by molar-refractivity contribution is 0.0905. The van der Waals surface area contributed by atoms with Gasteiger partial charge in [-0.25, -0.2) is 8.78 Å². The smallest absolute Gasteiger partial charge is 0.251 e. The molecule has 9 heteroatoms. The summed E-state index contributed by atoms with van der Waals surface area (Å²) in [6.07, 6.45) is 8.61. The van der Waals surface area contributed by atoms with Crippen molar-refractivity contribution in [2.24, 2.45) is 0 Å². The van der Waals surface area contributed by atoms with Crippen molar-refractivity contribution < 1.29 is 18.7 Å². The van der Waals surface area contributed by atoms with Crippen molar-refractivity contribution in [1.82, 2.24) is 20.1 Å². The zero-order valence-corrected chi connectivity index (χ0v) is 18.5. The zero-order chi connectivity index (χ0) is 23.0. The number of halogens is 2. The minimum atomic E-state index is -1.16. The molecular formula is C24H22F2N4O2S. The summed E-state index contributed by atoms with van der Waals surface area (Å²) in [6, 6.07) is 7.79. The lowest BCUT2D eigenvalue weighted by Gasteiger charge is -2.37. The van der Waals surface area contributed by atoms with Gasteiger partial charge in [0.1, 0.15) is 0 Å². The molecule has 2 N–H and O–H groups in total. The van der Waals surface area contributed by atoms with E-state index < -0.39 is 28.8 Å². The van der Waals surface area contributed by atoms with Gasteiger partial charge in [0.15, 0.2) is 17.4 Å². The van der Waals surface area contributed by atoms with Crippen molar-refractivity contribution in [3.05, 3.63) is 65.4 Å². The molecule has 6 nitrogen and oxygen atoms in total. The summed E-state index contributed by atoms with van der Waals surface area (Å²) in [5, 5.41) is 18.0. The first-order valence-electron chi connectivity index (χ1n) is 10.8. The molecule has 2 aromatic heterocycles. The largest absolute Gasteiger partial charge is 0.503 e. The molecule has 33 heavy (non-hydrogen) atoms. The molecule has 5 rings (SSSR count). The Morgan fingerprint density at radius 1 is 1.15 bits per heavy atom. The van der Waals surface area contributed by atoms with Crippen LogP contribution in [0.2, 0.25) is 0 Å². The average molecular weight is 469 g/mol. The Bertz CT molecular complexity index is 1290. The van der Waals surface area contributed by atoms with Crippen LogP contribution in [0.15, 0.2) is 48.2 Å². The molecule has 0 radical (unpaired) electrons. The van der Waals surface area contributed by atoms with Crippen LogP contribution in [0.4, 0.5) is 8.78 Å². The lowest BCUT2D eigenvalue weighted by atomic mass is 9.81. The van der Waals surface area contributed by atoms with Gasteiger partial charge in [0.05, 0.1) is 21.4 Å². The number of phenols is 1. The van der Waals surface area contributed by atoms with Gasteiger partial charge in [0.25, 0.3) is 5.91 Å². The Hall–Kier alpha value is -3.33. The summed E-state index contributed by atoms with van der Waals surface area (Å²) < 4.78 is 29.4.